The van der Waals surface area contributed by atoms with Gasteiger partial charge < -0.3 is 5.73 Å². The maximum absolute atomic E-state index is 12.4. The lowest BCUT2D eigenvalue weighted by Crippen LogP contribution is -2.38. The van der Waals surface area contributed by atoms with Gasteiger partial charge in [0.15, 0.2) is 0 Å². The van der Waals surface area contributed by atoms with Gasteiger partial charge in [-0.05, 0) is 24.5 Å². The van der Waals surface area contributed by atoms with Crippen LogP contribution in [0.25, 0.3) is 0 Å². The maximum atomic E-state index is 12.4. The minimum atomic E-state index is -3.67. The van der Waals surface area contributed by atoms with Crippen LogP contribution in [0.4, 0.5) is 0 Å². The Kier molecular flexibility index (Phi) is 5.39. The Labute approximate surface area is 119 Å². The second kappa shape index (κ2) is 6.40. The zero-order chi connectivity index (χ0) is 14.6. The van der Waals surface area contributed by atoms with Gasteiger partial charge in [-0.2, -0.15) is 0 Å². The second-order valence-electron chi connectivity index (χ2n) is 4.59. The first-order valence-electron chi connectivity index (χ1n) is 6.06. The van der Waals surface area contributed by atoms with E-state index in [1.807, 2.05) is 20.8 Å². The maximum Gasteiger partial charge on any atom is 0.243 e. The predicted molar refractivity (Wildman–Crippen MR) is 79.4 cm³/mol. The van der Waals surface area contributed by atoms with Crippen molar-refractivity contribution < 1.29 is 8.42 Å². The third-order valence-electron chi connectivity index (χ3n) is 2.84. The monoisotopic (exact) mass is 301 g/mol. The van der Waals surface area contributed by atoms with Gasteiger partial charge >= 0.3 is 0 Å². The molecular weight excluding hydrogens is 282 g/mol. The molecule has 1 atom stereocenters. The molecule has 0 bridgehead atoms. The number of hydrogen-bond donors (Lipinski definition) is 2. The van der Waals surface area contributed by atoms with Crippen molar-refractivity contribution in [3.8, 4) is 0 Å². The van der Waals surface area contributed by atoms with Crippen LogP contribution in [-0.4, -0.2) is 24.4 Å². The van der Waals surface area contributed by atoms with Gasteiger partial charge in [0.05, 0.1) is 0 Å². The lowest BCUT2D eigenvalue weighted by molar-refractivity contribution is 0.437. The van der Waals surface area contributed by atoms with Crippen molar-refractivity contribution in [2.24, 2.45) is 11.7 Å². The average Bonchev–Trinajstić information content (AvgIpc) is 2.35. The first kappa shape index (κ1) is 16.0. The molecule has 0 saturated heterocycles. The van der Waals surface area contributed by atoms with E-state index in [1.54, 1.807) is 6.07 Å². The molecule has 0 aliphatic heterocycles. The van der Waals surface area contributed by atoms with Crippen LogP contribution in [0.5, 0.6) is 0 Å². The summed E-state index contributed by atoms with van der Waals surface area (Å²) in [5, 5.41) is 0. The molecule has 5 nitrogen and oxygen atoms in total. The molecule has 0 fully saturated rings. The summed E-state index contributed by atoms with van der Waals surface area (Å²) in [5.41, 5.74) is 5.64. The van der Waals surface area contributed by atoms with Gasteiger partial charge in [0.2, 0.25) is 10.0 Å². The molecular formula is C12H19N3O2S2. The zero-order valence-electron chi connectivity index (χ0n) is 11.3. The quantitative estimate of drug-likeness (QED) is 0.776. The van der Waals surface area contributed by atoms with Crippen molar-refractivity contribution in [1.82, 2.24) is 9.71 Å². The Hall–Kier alpha value is -1.05. The van der Waals surface area contributed by atoms with E-state index in [4.69, 9.17) is 18.0 Å². The van der Waals surface area contributed by atoms with Crippen LogP contribution in [0.1, 0.15) is 32.9 Å². The lowest BCUT2D eigenvalue weighted by atomic mass is 10.0. The van der Waals surface area contributed by atoms with Gasteiger partial charge in [-0.1, -0.05) is 33.0 Å². The summed E-state index contributed by atoms with van der Waals surface area (Å²) in [6, 6.07) is 2.87. The Morgan fingerprint density at radius 3 is 2.63 bits per heavy atom. The van der Waals surface area contributed by atoms with Gasteiger partial charge in [-0.3, -0.25) is 4.98 Å². The van der Waals surface area contributed by atoms with Crippen molar-refractivity contribution in [2.75, 3.05) is 0 Å². The van der Waals surface area contributed by atoms with Crippen LogP contribution in [0.2, 0.25) is 0 Å². The summed E-state index contributed by atoms with van der Waals surface area (Å²) >= 11 is 4.84. The standard InChI is InChI=1S/C12H19N3O2S2/c1-4-9(8(2)3)15-19(16,17)10-6-5-7-14-11(10)12(13)18/h5-9,15H,4H2,1-3H3,(H2,13,18). The molecule has 106 valence electrons. The van der Waals surface area contributed by atoms with Crippen molar-refractivity contribution in [1.29, 1.82) is 0 Å². The summed E-state index contributed by atoms with van der Waals surface area (Å²) in [6.45, 7) is 5.87. The largest absolute Gasteiger partial charge is 0.388 e. The smallest absolute Gasteiger partial charge is 0.243 e. The molecule has 1 rings (SSSR count). The van der Waals surface area contributed by atoms with Crippen LogP contribution in [0.3, 0.4) is 0 Å². The third-order valence-corrected chi connectivity index (χ3v) is 4.56. The molecule has 0 saturated carbocycles. The summed E-state index contributed by atoms with van der Waals surface area (Å²) in [5.74, 6) is 0.199. The van der Waals surface area contributed by atoms with E-state index in [-0.39, 0.29) is 27.5 Å². The fourth-order valence-electron chi connectivity index (χ4n) is 1.75. The van der Waals surface area contributed by atoms with Gasteiger partial charge in [0, 0.05) is 12.2 Å². The first-order valence-corrected chi connectivity index (χ1v) is 7.96. The number of thiocarbonyl (C=S) groups is 1. The topological polar surface area (TPSA) is 85.1 Å². The van der Waals surface area contributed by atoms with Crippen molar-refractivity contribution in [3.63, 3.8) is 0 Å². The minimum absolute atomic E-state index is 0.0291. The number of rotatable bonds is 6. The molecule has 7 heteroatoms. The number of nitrogens with zero attached hydrogens (tertiary/aromatic N) is 1. The highest BCUT2D eigenvalue weighted by Crippen LogP contribution is 2.16. The van der Waals surface area contributed by atoms with Crippen molar-refractivity contribution >= 4 is 27.2 Å². The van der Waals surface area contributed by atoms with Gasteiger partial charge in [-0.15, -0.1) is 0 Å². The number of hydrogen-bond acceptors (Lipinski definition) is 4. The number of nitrogens with one attached hydrogen (secondary N) is 1. The first-order chi connectivity index (χ1) is 8.79. The molecule has 0 spiro atoms. The summed E-state index contributed by atoms with van der Waals surface area (Å²) < 4.78 is 27.4. The molecule has 0 radical (unpaired) electrons. The SMILES string of the molecule is CCC(NS(=O)(=O)c1cccnc1C(N)=S)C(C)C. The zero-order valence-corrected chi connectivity index (χ0v) is 12.9. The highest BCUT2D eigenvalue weighted by atomic mass is 32.2. The molecule has 1 heterocycles. The lowest BCUT2D eigenvalue weighted by Gasteiger charge is -2.21. The Morgan fingerprint density at radius 1 is 1.53 bits per heavy atom. The number of aromatic nitrogens is 1. The van der Waals surface area contributed by atoms with Crippen molar-refractivity contribution in [2.45, 2.75) is 38.1 Å². The summed E-state index contributed by atoms with van der Waals surface area (Å²) in [6.07, 6.45) is 2.17. The summed E-state index contributed by atoms with van der Waals surface area (Å²) in [7, 11) is -3.67. The van der Waals surface area contributed by atoms with Gasteiger partial charge in [-0.25, -0.2) is 13.1 Å². The average molecular weight is 301 g/mol. The fraction of sp³-hybridized carbons (Fsp3) is 0.500. The highest BCUT2D eigenvalue weighted by molar-refractivity contribution is 7.89. The third kappa shape index (κ3) is 3.95. The van der Waals surface area contributed by atoms with E-state index in [0.717, 1.165) is 0 Å². The van der Waals surface area contributed by atoms with Crippen LogP contribution < -0.4 is 10.5 Å². The van der Waals surface area contributed by atoms with E-state index < -0.39 is 10.0 Å². The molecule has 0 amide bonds. The predicted octanol–water partition coefficient (Wildman–Crippen LogP) is 1.43. The minimum Gasteiger partial charge on any atom is -0.388 e. The molecule has 3 N–H and O–H groups in total. The van der Waals surface area contributed by atoms with Crippen LogP contribution in [-0.2, 0) is 10.0 Å². The molecule has 0 aliphatic rings. The van der Waals surface area contributed by atoms with E-state index in [9.17, 15) is 8.42 Å². The van der Waals surface area contributed by atoms with E-state index >= 15 is 0 Å². The Bertz CT molecular complexity index is 556. The highest BCUT2D eigenvalue weighted by Gasteiger charge is 2.24. The molecule has 0 aliphatic carbocycles. The number of nitrogens with two attached hydrogens (primary N) is 1. The molecule has 19 heavy (non-hydrogen) atoms. The van der Waals surface area contributed by atoms with E-state index in [0.29, 0.717) is 6.42 Å². The van der Waals surface area contributed by atoms with Gasteiger partial charge in [0.25, 0.3) is 0 Å². The molecule has 1 unspecified atom stereocenters. The van der Waals surface area contributed by atoms with Crippen LogP contribution in [0, 0.1) is 5.92 Å². The van der Waals surface area contributed by atoms with Crippen LogP contribution >= 0.6 is 12.2 Å². The van der Waals surface area contributed by atoms with Crippen molar-refractivity contribution in [3.05, 3.63) is 24.0 Å². The molecule has 1 aromatic heterocycles. The van der Waals surface area contributed by atoms with Gasteiger partial charge in [0.1, 0.15) is 15.6 Å². The summed E-state index contributed by atoms with van der Waals surface area (Å²) in [4.78, 5) is 3.94. The molecule has 0 aromatic carbocycles. The normalized spacial score (nSPS) is 13.5. The number of sulfonamides is 1. The fourth-order valence-corrected chi connectivity index (χ4v) is 3.61. The Balaban J connectivity index is 3.17. The van der Waals surface area contributed by atoms with E-state index in [1.165, 1.54) is 12.3 Å². The molecule has 1 aromatic rings. The van der Waals surface area contributed by atoms with Crippen LogP contribution in [0.15, 0.2) is 23.2 Å². The van der Waals surface area contributed by atoms with E-state index in [2.05, 4.69) is 9.71 Å². The Morgan fingerprint density at radius 2 is 2.16 bits per heavy atom. The number of pyridine rings is 1. The second-order valence-corrected chi connectivity index (χ2v) is 6.72.